The molecule has 2 aromatic rings. The molecular formula is C20H22N4O6S. The van der Waals surface area contributed by atoms with E-state index in [1.54, 1.807) is 13.0 Å². The molecule has 11 heteroatoms. The molecule has 1 fully saturated rings. The predicted molar refractivity (Wildman–Crippen MR) is 112 cm³/mol. The number of amides is 1. The first-order chi connectivity index (χ1) is 14.7. The third kappa shape index (κ3) is 4.31. The highest BCUT2D eigenvalue weighted by atomic mass is 32.2. The molecule has 3 heterocycles. The molecular weight excluding hydrogens is 424 g/mol. The van der Waals surface area contributed by atoms with Crippen LogP contribution in [0, 0.1) is 6.92 Å². The fourth-order valence-corrected chi connectivity index (χ4v) is 4.83. The Balaban J connectivity index is 1.52. The number of hydrogen-bond donors (Lipinski definition) is 1. The van der Waals surface area contributed by atoms with E-state index in [-0.39, 0.29) is 16.3 Å². The number of nitrogens with one attached hydrogen (secondary N) is 1. The Kier molecular flexibility index (Phi) is 5.52. The molecule has 0 radical (unpaired) electrons. The maximum atomic E-state index is 12.7. The highest BCUT2D eigenvalue weighted by Gasteiger charge is 2.32. The number of amidine groups is 1. The summed E-state index contributed by atoms with van der Waals surface area (Å²) in [6.45, 7) is 3.75. The third-order valence-electron chi connectivity index (χ3n) is 5.12. The number of nitrogens with zero attached hydrogens (tertiary/aromatic N) is 3. The summed E-state index contributed by atoms with van der Waals surface area (Å²) in [5, 5.41) is 6.13. The number of anilines is 2. The molecule has 4 rings (SSSR count). The molecule has 0 aliphatic carbocycles. The van der Waals surface area contributed by atoms with Gasteiger partial charge in [0.2, 0.25) is 0 Å². The third-order valence-corrected chi connectivity index (χ3v) is 6.45. The molecule has 1 atom stereocenters. The van der Waals surface area contributed by atoms with Crippen LogP contribution in [-0.2, 0) is 19.6 Å². The lowest BCUT2D eigenvalue weighted by Crippen LogP contribution is -2.35. The van der Waals surface area contributed by atoms with Gasteiger partial charge in [0.1, 0.15) is 16.5 Å². The van der Waals surface area contributed by atoms with E-state index in [0.29, 0.717) is 30.2 Å². The predicted octanol–water partition coefficient (Wildman–Crippen LogP) is 2.65. The summed E-state index contributed by atoms with van der Waals surface area (Å²) in [7, 11) is -3.93. The SMILES string of the molecule is Cc1cc(NC(=O)C(C)OC(=O)c2ccc3c(c2)S(=O)(=O)N=C2CCCCCN23)no1. The molecule has 1 saturated heterocycles. The summed E-state index contributed by atoms with van der Waals surface area (Å²) < 4.78 is 39.4. The fraction of sp³-hybridized carbons (Fsp3) is 0.400. The Morgan fingerprint density at radius 2 is 2.03 bits per heavy atom. The van der Waals surface area contributed by atoms with E-state index in [1.165, 1.54) is 25.1 Å². The molecule has 0 saturated carbocycles. The van der Waals surface area contributed by atoms with Gasteiger partial charge in [-0.3, -0.25) is 4.79 Å². The summed E-state index contributed by atoms with van der Waals surface area (Å²) in [5.74, 6) is -0.149. The van der Waals surface area contributed by atoms with E-state index >= 15 is 0 Å². The lowest BCUT2D eigenvalue weighted by molar-refractivity contribution is -0.123. The molecule has 10 nitrogen and oxygen atoms in total. The average Bonchev–Trinajstić information content (AvgIpc) is 2.99. The van der Waals surface area contributed by atoms with Crippen molar-refractivity contribution in [2.24, 2.45) is 4.40 Å². The number of esters is 1. The monoisotopic (exact) mass is 446 g/mol. The quantitative estimate of drug-likeness (QED) is 0.709. The zero-order valence-corrected chi connectivity index (χ0v) is 17.9. The van der Waals surface area contributed by atoms with Crippen LogP contribution < -0.4 is 10.2 Å². The average molecular weight is 446 g/mol. The topological polar surface area (TPSA) is 131 Å². The second kappa shape index (κ2) is 8.14. The minimum Gasteiger partial charge on any atom is -0.449 e. The van der Waals surface area contributed by atoms with Crippen molar-refractivity contribution in [3.8, 4) is 0 Å². The van der Waals surface area contributed by atoms with Crippen LogP contribution in [0.1, 0.15) is 48.7 Å². The maximum absolute atomic E-state index is 12.7. The van der Waals surface area contributed by atoms with Gasteiger partial charge in [-0.25, -0.2) is 4.79 Å². The van der Waals surface area contributed by atoms with E-state index in [4.69, 9.17) is 9.26 Å². The van der Waals surface area contributed by atoms with Crippen molar-refractivity contribution >= 4 is 39.2 Å². The molecule has 0 spiro atoms. The fourth-order valence-electron chi connectivity index (χ4n) is 3.54. The van der Waals surface area contributed by atoms with Crippen LogP contribution in [0.2, 0.25) is 0 Å². The second-order valence-corrected chi connectivity index (χ2v) is 9.06. The smallest absolute Gasteiger partial charge is 0.338 e. The Morgan fingerprint density at radius 3 is 2.77 bits per heavy atom. The summed E-state index contributed by atoms with van der Waals surface area (Å²) in [4.78, 5) is 26.7. The largest absolute Gasteiger partial charge is 0.449 e. The van der Waals surface area contributed by atoms with Gasteiger partial charge in [-0.1, -0.05) is 11.6 Å². The number of carbonyl (C=O) groups is 2. The number of carbonyl (C=O) groups excluding carboxylic acids is 2. The maximum Gasteiger partial charge on any atom is 0.338 e. The van der Waals surface area contributed by atoms with Crippen molar-refractivity contribution < 1.29 is 27.3 Å². The zero-order chi connectivity index (χ0) is 22.2. The van der Waals surface area contributed by atoms with Crippen LogP contribution in [0.15, 0.2) is 38.1 Å². The molecule has 1 aromatic carbocycles. The number of aromatic nitrogens is 1. The number of benzene rings is 1. The Bertz CT molecular complexity index is 1170. The van der Waals surface area contributed by atoms with Gasteiger partial charge in [0.05, 0.1) is 11.3 Å². The van der Waals surface area contributed by atoms with Gasteiger partial charge in [-0.05, 0) is 44.9 Å². The summed E-state index contributed by atoms with van der Waals surface area (Å²) in [5.41, 5.74) is 0.531. The molecule has 2 aliphatic heterocycles. The molecule has 1 aromatic heterocycles. The van der Waals surface area contributed by atoms with Crippen LogP contribution in [-0.4, -0.2) is 43.9 Å². The lowest BCUT2D eigenvalue weighted by Gasteiger charge is -2.29. The van der Waals surface area contributed by atoms with Crippen LogP contribution in [0.4, 0.5) is 11.5 Å². The molecule has 31 heavy (non-hydrogen) atoms. The number of fused-ring (bicyclic) bond motifs is 3. The van der Waals surface area contributed by atoms with Gasteiger partial charge in [-0.15, -0.1) is 4.40 Å². The van der Waals surface area contributed by atoms with Gasteiger partial charge < -0.3 is 19.5 Å². The highest BCUT2D eigenvalue weighted by Crippen LogP contribution is 2.35. The Hall–Kier alpha value is -3.21. The molecule has 2 aliphatic rings. The first-order valence-electron chi connectivity index (χ1n) is 9.95. The van der Waals surface area contributed by atoms with Crippen molar-refractivity contribution in [3.63, 3.8) is 0 Å². The van der Waals surface area contributed by atoms with Crippen LogP contribution in [0.25, 0.3) is 0 Å². The number of aryl methyl sites for hydroxylation is 1. The molecule has 1 unspecified atom stereocenters. The van der Waals surface area contributed by atoms with Crippen molar-refractivity contribution in [2.45, 2.75) is 50.5 Å². The molecule has 1 amide bonds. The van der Waals surface area contributed by atoms with E-state index in [9.17, 15) is 18.0 Å². The Labute approximate surface area is 179 Å². The van der Waals surface area contributed by atoms with Gasteiger partial charge in [0.15, 0.2) is 11.9 Å². The Morgan fingerprint density at radius 1 is 1.23 bits per heavy atom. The van der Waals surface area contributed by atoms with Crippen LogP contribution in [0.3, 0.4) is 0 Å². The first kappa shape index (κ1) is 21.0. The second-order valence-electron chi connectivity index (χ2n) is 7.49. The van der Waals surface area contributed by atoms with E-state index in [1.807, 2.05) is 4.90 Å². The van der Waals surface area contributed by atoms with Gasteiger partial charge in [0, 0.05) is 19.0 Å². The zero-order valence-electron chi connectivity index (χ0n) is 17.1. The summed E-state index contributed by atoms with van der Waals surface area (Å²) in [6, 6.07) is 5.87. The minimum atomic E-state index is -3.93. The number of sulfonamides is 1. The van der Waals surface area contributed by atoms with Gasteiger partial charge in [-0.2, -0.15) is 8.42 Å². The van der Waals surface area contributed by atoms with E-state index in [0.717, 1.165) is 19.3 Å². The van der Waals surface area contributed by atoms with E-state index in [2.05, 4.69) is 14.9 Å². The van der Waals surface area contributed by atoms with Crippen molar-refractivity contribution in [3.05, 3.63) is 35.6 Å². The number of hydrogen-bond acceptors (Lipinski definition) is 8. The van der Waals surface area contributed by atoms with Crippen molar-refractivity contribution in [1.82, 2.24) is 5.16 Å². The van der Waals surface area contributed by atoms with Gasteiger partial charge in [0.25, 0.3) is 15.9 Å². The van der Waals surface area contributed by atoms with Crippen molar-refractivity contribution in [2.75, 3.05) is 16.8 Å². The number of ether oxygens (including phenoxy) is 1. The summed E-state index contributed by atoms with van der Waals surface area (Å²) >= 11 is 0. The van der Waals surface area contributed by atoms with Gasteiger partial charge >= 0.3 is 5.97 Å². The molecule has 1 N–H and O–H groups in total. The highest BCUT2D eigenvalue weighted by molar-refractivity contribution is 7.90. The minimum absolute atomic E-state index is 0.0210. The lowest BCUT2D eigenvalue weighted by atomic mass is 10.1. The van der Waals surface area contributed by atoms with E-state index < -0.39 is 28.0 Å². The first-order valence-corrected chi connectivity index (χ1v) is 11.4. The normalized spacial score (nSPS) is 18.1. The number of rotatable bonds is 4. The van der Waals surface area contributed by atoms with Crippen molar-refractivity contribution in [1.29, 1.82) is 0 Å². The van der Waals surface area contributed by atoms with Crippen LogP contribution >= 0.6 is 0 Å². The molecule has 0 bridgehead atoms. The van der Waals surface area contributed by atoms with Crippen LogP contribution in [0.5, 0.6) is 0 Å². The molecule has 164 valence electrons. The summed E-state index contributed by atoms with van der Waals surface area (Å²) in [6.07, 6.45) is 2.29. The standard InChI is InChI=1S/C20H22N4O6S/c1-12-10-17(22-30-12)21-19(25)13(2)29-20(26)14-7-8-15-16(11-14)31(27,28)23-18-6-4-3-5-9-24(15)18/h7-8,10-11,13H,3-6,9H2,1-2H3,(H,21,22,25).